The van der Waals surface area contributed by atoms with Gasteiger partial charge in [0, 0.05) is 7.05 Å². The molecule has 1 heterocycles. The fourth-order valence-corrected chi connectivity index (χ4v) is 2.55. The summed E-state index contributed by atoms with van der Waals surface area (Å²) < 4.78 is 44.8. The molecule has 0 amide bonds. The molecule has 2 rings (SSSR count). The van der Waals surface area contributed by atoms with Crippen LogP contribution < -0.4 is 14.3 Å². The maximum absolute atomic E-state index is 8.74. The SMILES string of the molecule is COc1ccc(OC)c2c1sc(=N)n2C.O=S(=O)(O)O. The van der Waals surface area contributed by atoms with Crippen molar-refractivity contribution in [1.29, 1.82) is 5.41 Å². The first-order chi connectivity index (χ1) is 9.19. The highest BCUT2D eigenvalue weighted by Crippen LogP contribution is 2.34. The van der Waals surface area contributed by atoms with Crippen molar-refractivity contribution in [3.05, 3.63) is 16.9 Å². The highest BCUT2D eigenvalue weighted by Gasteiger charge is 2.12. The first-order valence-corrected chi connectivity index (χ1v) is 7.35. The smallest absolute Gasteiger partial charge is 0.394 e. The van der Waals surface area contributed by atoms with E-state index in [0.717, 1.165) is 21.7 Å². The predicted octanol–water partition coefficient (Wildman–Crippen LogP) is 1.08. The van der Waals surface area contributed by atoms with Crippen molar-refractivity contribution in [3.63, 3.8) is 0 Å². The van der Waals surface area contributed by atoms with Gasteiger partial charge in [-0.15, -0.1) is 0 Å². The Bertz CT molecular complexity index is 754. The molecular formula is C10H14N2O6S2. The van der Waals surface area contributed by atoms with Gasteiger partial charge in [-0.2, -0.15) is 8.42 Å². The normalized spacial score (nSPS) is 10.8. The van der Waals surface area contributed by atoms with E-state index >= 15 is 0 Å². The number of nitrogens with one attached hydrogen (secondary N) is 1. The molecule has 2 aromatic rings. The van der Waals surface area contributed by atoms with Crippen molar-refractivity contribution in [2.45, 2.75) is 0 Å². The van der Waals surface area contributed by atoms with Gasteiger partial charge in [-0.05, 0) is 12.1 Å². The van der Waals surface area contributed by atoms with E-state index in [0.29, 0.717) is 4.80 Å². The molecule has 1 aromatic carbocycles. The predicted molar refractivity (Wildman–Crippen MR) is 73.9 cm³/mol. The first-order valence-electron chi connectivity index (χ1n) is 5.14. The molecule has 0 saturated carbocycles. The van der Waals surface area contributed by atoms with Crippen LogP contribution in [-0.2, 0) is 17.4 Å². The maximum Gasteiger partial charge on any atom is 0.394 e. The number of aryl methyl sites for hydroxylation is 1. The van der Waals surface area contributed by atoms with Crippen molar-refractivity contribution >= 4 is 32.0 Å². The molecule has 8 nitrogen and oxygen atoms in total. The number of ether oxygens (including phenoxy) is 2. The highest BCUT2D eigenvalue weighted by atomic mass is 32.3. The van der Waals surface area contributed by atoms with Crippen LogP contribution in [0.1, 0.15) is 0 Å². The second-order valence-corrected chi connectivity index (χ2v) is 5.46. The van der Waals surface area contributed by atoms with Gasteiger partial charge in [0.1, 0.15) is 21.7 Å². The fourth-order valence-electron chi connectivity index (χ4n) is 1.54. The first kappa shape index (κ1) is 16.4. The number of thiazole rings is 1. The Hall–Kier alpha value is -1.62. The molecule has 0 atom stereocenters. The average Bonchev–Trinajstić information content (AvgIpc) is 2.63. The minimum absolute atomic E-state index is 0.479. The molecule has 0 bridgehead atoms. The van der Waals surface area contributed by atoms with Crippen LogP contribution in [-0.4, -0.2) is 36.3 Å². The summed E-state index contributed by atoms with van der Waals surface area (Å²) in [7, 11) is 0.441. The van der Waals surface area contributed by atoms with Crippen molar-refractivity contribution in [1.82, 2.24) is 4.57 Å². The highest BCUT2D eigenvalue weighted by molar-refractivity contribution is 7.79. The van der Waals surface area contributed by atoms with Gasteiger partial charge in [0.2, 0.25) is 0 Å². The zero-order chi connectivity index (χ0) is 15.5. The van der Waals surface area contributed by atoms with Gasteiger partial charge in [0.05, 0.1) is 14.2 Å². The fraction of sp³-hybridized carbons (Fsp3) is 0.300. The number of aromatic nitrogens is 1. The second-order valence-electron chi connectivity index (χ2n) is 3.56. The molecule has 0 fully saturated rings. The minimum Gasteiger partial charge on any atom is -0.495 e. The molecule has 3 N–H and O–H groups in total. The summed E-state index contributed by atoms with van der Waals surface area (Å²) >= 11 is 1.38. The van der Waals surface area contributed by atoms with E-state index in [2.05, 4.69) is 0 Å². The van der Waals surface area contributed by atoms with Crippen LogP contribution in [0, 0.1) is 5.41 Å². The van der Waals surface area contributed by atoms with E-state index in [4.69, 9.17) is 32.4 Å². The molecule has 0 aliphatic carbocycles. The Labute approximate surface area is 119 Å². The molecule has 112 valence electrons. The van der Waals surface area contributed by atoms with Crippen LogP contribution in [0.3, 0.4) is 0 Å². The number of rotatable bonds is 2. The van der Waals surface area contributed by atoms with Gasteiger partial charge in [0.15, 0.2) is 4.80 Å². The van der Waals surface area contributed by atoms with Crippen LogP contribution in [0.5, 0.6) is 11.5 Å². The van der Waals surface area contributed by atoms with Crippen LogP contribution in [0.15, 0.2) is 12.1 Å². The molecule has 10 heteroatoms. The Balaban J connectivity index is 0.000000347. The Morgan fingerprint density at radius 1 is 1.20 bits per heavy atom. The lowest BCUT2D eigenvalue weighted by Gasteiger charge is -2.06. The lowest BCUT2D eigenvalue weighted by Crippen LogP contribution is -2.07. The zero-order valence-corrected chi connectivity index (χ0v) is 12.6. The molecule has 0 saturated heterocycles. The van der Waals surface area contributed by atoms with Crippen LogP contribution in [0.2, 0.25) is 0 Å². The van der Waals surface area contributed by atoms with E-state index in [1.165, 1.54) is 11.3 Å². The summed E-state index contributed by atoms with van der Waals surface area (Å²) in [6.45, 7) is 0. The van der Waals surface area contributed by atoms with Crippen molar-refractivity contribution in [2.24, 2.45) is 7.05 Å². The van der Waals surface area contributed by atoms with Crippen LogP contribution in [0.25, 0.3) is 10.2 Å². The summed E-state index contributed by atoms with van der Waals surface area (Å²) in [6, 6.07) is 3.71. The molecule has 0 spiro atoms. The Kier molecular flexibility index (Phi) is 5.11. The lowest BCUT2D eigenvalue weighted by atomic mass is 10.3. The van der Waals surface area contributed by atoms with Crippen molar-refractivity contribution in [2.75, 3.05) is 14.2 Å². The quantitative estimate of drug-likeness (QED) is 0.711. The van der Waals surface area contributed by atoms with E-state index in [-0.39, 0.29) is 0 Å². The van der Waals surface area contributed by atoms with E-state index < -0.39 is 10.4 Å². The number of fused-ring (bicyclic) bond motifs is 1. The molecule has 1 aromatic heterocycles. The third-order valence-electron chi connectivity index (χ3n) is 2.34. The van der Waals surface area contributed by atoms with E-state index in [9.17, 15) is 0 Å². The molecule has 0 unspecified atom stereocenters. The van der Waals surface area contributed by atoms with Gasteiger partial charge in [-0.25, -0.2) is 0 Å². The minimum atomic E-state index is -4.67. The number of methoxy groups -OCH3 is 2. The van der Waals surface area contributed by atoms with Gasteiger partial charge >= 0.3 is 10.4 Å². The topological polar surface area (TPSA) is 122 Å². The number of hydrogen-bond acceptors (Lipinski definition) is 6. The third-order valence-corrected chi connectivity index (χ3v) is 3.40. The van der Waals surface area contributed by atoms with Crippen molar-refractivity contribution in [3.8, 4) is 11.5 Å². The number of nitrogens with zero attached hydrogens (tertiary/aromatic N) is 1. The summed E-state index contributed by atoms with van der Waals surface area (Å²) in [5.41, 5.74) is 0.909. The second kappa shape index (κ2) is 6.22. The third kappa shape index (κ3) is 3.93. The molecular weight excluding hydrogens is 308 g/mol. The molecule has 0 radical (unpaired) electrons. The number of hydrogen-bond donors (Lipinski definition) is 3. The molecule has 20 heavy (non-hydrogen) atoms. The van der Waals surface area contributed by atoms with Gasteiger partial charge in [-0.1, -0.05) is 11.3 Å². The summed E-state index contributed by atoms with van der Waals surface area (Å²) in [4.78, 5) is 0.479. The summed E-state index contributed by atoms with van der Waals surface area (Å²) in [6.07, 6.45) is 0. The van der Waals surface area contributed by atoms with Crippen molar-refractivity contribution < 1.29 is 27.0 Å². The summed E-state index contributed by atoms with van der Waals surface area (Å²) in [5, 5.41) is 7.76. The Morgan fingerprint density at radius 3 is 2.10 bits per heavy atom. The maximum atomic E-state index is 8.74. The largest absolute Gasteiger partial charge is 0.495 e. The summed E-state index contributed by atoms with van der Waals surface area (Å²) in [5.74, 6) is 1.55. The number of benzene rings is 1. The lowest BCUT2D eigenvalue weighted by molar-refractivity contribution is 0.381. The monoisotopic (exact) mass is 322 g/mol. The Morgan fingerprint density at radius 2 is 1.65 bits per heavy atom. The van der Waals surface area contributed by atoms with Crippen LogP contribution >= 0.6 is 11.3 Å². The van der Waals surface area contributed by atoms with Gasteiger partial charge < -0.3 is 14.0 Å². The van der Waals surface area contributed by atoms with E-state index in [1.807, 2.05) is 19.2 Å². The van der Waals surface area contributed by atoms with Crippen LogP contribution in [0.4, 0.5) is 0 Å². The molecule has 0 aliphatic heterocycles. The molecule has 0 aliphatic rings. The van der Waals surface area contributed by atoms with Gasteiger partial charge in [0.25, 0.3) is 0 Å². The average molecular weight is 322 g/mol. The zero-order valence-electron chi connectivity index (χ0n) is 10.9. The van der Waals surface area contributed by atoms with Gasteiger partial charge in [-0.3, -0.25) is 14.5 Å². The standard InChI is InChI=1S/C10H12N2O2S.H2O4S/c1-12-8-6(13-2)4-5-7(14-3)9(8)15-10(12)11;1-5(2,3)4/h4-5,11H,1-3H3;(H2,1,2,3,4). The van der Waals surface area contributed by atoms with E-state index in [1.54, 1.807) is 18.8 Å².